The third-order valence-corrected chi connectivity index (χ3v) is 4.67. The lowest BCUT2D eigenvalue weighted by Crippen LogP contribution is -2.24. The molecule has 0 spiro atoms. The Morgan fingerprint density at radius 2 is 2.16 bits per heavy atom. The fourth-order valence-corrected chi connectivity index (χ4v) is 3.53. The quantitative estimate of drug-likeness (QED) is 0.785. The summed E-state index contributed by atoms with van der Waals surface area (Å²) in [6.45, 7) is 3.01. The Labute approximate surface area is 126 Å². The molecule has 1 aromatic carbocycles. The first kappa shape index (κ1) is 14.7. The average Bonchev–Trinajstić information content (AvgIpc) is 2.81. The molecule has 1 heterocycles. The van der Waals surface area contributed by atoms with Crippen LogP contribution in [0, 0.1) is 5.82 Å². The van der Waals surface area contributed by atoms with Crippen molar-refractivity contribution < 1.29 is 4.39 Å². The van der Waals surface area contributed by atoms with Crippen LogP contribution in [0.3, 0.4) is 0 Å². The summed E-state index contributed by atoms with van der Waals surface area (Å²) in [7, 11) is 0. The Hall–Kier alpha value is -0.710. The van der Waals surface area contributed by atoms with Gasteiger partial charge in [0, 0.05) is 32.8 Å². The van der Waals surface area contributed by atoms with Crippen molar-refractivity contribution >= 4 is 27.3 Å². The molecule has 1 unspecified atom stereocenters. The number of rotatable bonds is 6. The molecule has 0 amide bonds. The van der Waals surface area contributed by atoms with Crippen molar-refractivity contribution in [1.82, 2.24) is 5.32 Å². The van der Waals surface area contributed by atoms with E-state index in [-0.39, 0.29) is 11.9 Å². The average molecular weight is 342 g/mol. The van der Waals surface area contributed by atoms with E-state index in [4.69, 9.17) is 0 Å². The topological polar surface area (TPSA) is 12.0 Å². The second-order valence-electron chi connectivity index (χ2n) is 4.46. The minimum atomic E-state index is -0.133. The molecule has 2 aromatic rings. The van der Waals surface area contributed by atoms with Gasteiger partial charge in [0.15, 0.2) is 0 Å². The predicted molar refractivity (Wildman–Crippen MR) is 83.2 cm³/mol. The molecule has 1 atom stereocenters. The Bertz CT molecular complexity index is 526. The van der Waals surface area contributed by atoms with Crippen molar-refractivity contribution in [2.24, 2.45) is 0 Å². The van der Waals surface area contributed by atoms with Crippen molar-refractivity contribution in [3.05, 3.63) is 56.4 Å². The number of benzene rings is 1. The lowest BCUT2D eigenvalue weighted by molar-refractivity contribution is 0.499. The van der Waals surface area contributed by atoms with Crippen LogP contribution in [0.15, 0.2) is 40.2 Å². The molecule has 1 nitrogen and oxygen atoms in total. The Kier molecular flexibility index (Phi) is 5.55. The molecular formula is C15H17BrFNS. The van der Waals surface area contributed by atoms with E-state index in [0.717, 1.165) is 29.4 Å². The molecule has 0 aliphatic rings. The van der Waals surface area contributed by atoms with Crippen molar-refractivity contribution in [3.63, 3.8) is 0 Å². The van der Waals surface area contributed by atoms with Crippen LogP contribution in [0.5, 0.6) is 0 Å². The molecule has 0 aliphatic heterocycles. The van der Waals surface area contributed by atoms with Gasteiger partial charge in [-0.3, -0.25) is 0 Å². The highest BCUT2D eigenvalue weighted by molar-refractivity contribution is 9.10. The van der Waals surface area contributed by atoms with E-state index >= 15 is 0 Å². The minimum Gasteiger partial charge on any atom is -0.310 e. The van der Waals surface area contributed by atoms with Crippen molar-refractivity contribution in [2.75, 3.05) is 6.54 Å². The van der Waals surface area contributed by atoms with E-state index in [2.05, 4.69) is 39.6 Å². The van der Waals surface area contributed by atoms with Crippen molar-refractivity contribution in [1.29, 1.82) is 0 Å². The third-order valence-electron chi connectivity index (χ3n) is 2.95. The Balaban J connectivity index is 2.18. The van der Waals surface area contributed by atoms with E-state index in [9.17, 15) is 4.39 Å². The van der Waals surface area contributed by atoms with Crippen molar-refractivity contribution in [3.8, 4) is 0 Å². The molecule has 102 valence electrons. The molecule has 0 radical (unpaired) electrons. The van der Waals surface area contributed by atoms with E-state index in [1.54, 1.807) is 17.4 Å². The number of hydrogen-bond donors (Lipinski definition) is 1. The first-order valence-corrected chi connectivity index (χ1v) is 8.08. The highest BCUT2D eigenvalue weighted by atomic mass is 79.9. The van der Waals surface area contributed by atoms with Crippen LogP contribution in [0.25, 0.3) is 0 Å². The number of nitrogens with one attached hydrogen (secondary N) is 1. The van der Waals surface area contributed by atoms with Gasteiger partial charge in [-0.15, -0.1) is 11.3 Å². The minimum absolute atomic E-state index is 0.0340. The highest BCUT2D eigenvalue weighted by Crippen LogP contribution is 2.26. The van der Waals surface area contributed by atoms with Crippen LogP contribution < -0.4 is 5.32 Å². The fourth-order valence-electron chi connectivity index (χ4n) is 2.03. The maximum atomic E-state index is 13.9. The smallest absolute Gasteiger partial charge is 0.127 e. The van der Waals surface area contributed by atoms with Gasteiger partial charge in [0.05, 0.1) is 0 Å². The molecule has 2 rings (SSSR count). The first-order valence-electron chi connectivity index (χ1n) is 6.41. The van der Waals surface area contributed by atoms with Crippen LogP contribution in [-0.4, -0.2) is 6.54 Å². The summed E-state index contributed by atoms with van der Waals surface area (Å²) in [5.41, 5.74) is 0.750. The standard InChI is InChI=1S/C15H17BrFNS/c1-2-7-18-15(9-12-8-11(16)10-19-12)13-5-3-4-6-14(13)17/h3-6,8,10,15,18H,2,7,9H2,1H3. The van der Waals surface area contributed by atoms with Gasteiger partial charge in [-0.05, 0) is 41.0 Å². The second-order valence-corrected chi connectivity index (χ2v) is 6.38. The maximum Gasteiger partial charge on any atom is 0.127 e. The van der Waals surface area contributed by atoms with Crippen LogP contribution in [0.4, 0.5) is 4.39 Å². The lowest BCUT2D eigenvalue weighted by atomic mass is 10.0. The molecular weight excluding hydrogens is 325 g/mol. The fraction of sp³-hybridized carbons (Fsp3) is 0.333. The Morgan fingerprint density at radius 1 is 1.37 bits per heavy atom. The largest absolute Gasteiger partial charge is 0.310 e. The number of hydrogen-bond acceptors (Lipinski definition) is 2. The first-order chi connectivity index (χ1) is 9.20. The number of halogens is 2. The van der Waals surface area contributed by atoms with Gasteiger partial charge < -0.3 is 5.32 Å². The summed E-state index contributed by atoms with van der Waals surface area (Å²) in [5.74, 6) is -0.133. The highest BCUT2D eigenvalue weighted by Gasteiger charge is 2.16. The summed E-state index contributed by atoms with van der Waals surface area (Å²) in [5, 5.41) is 5.50. The zero-order valence-electron chi connectivity index (χ0n) is 10.8. The zero-order chi connectivity index (χ0) is 13.7. The van der Waals surface area contributed by atoms with Crippen LogP contribution in [0.1, 0.15) is 29.8 Å². The summed E-state index contributed by atoms with van der Waals surface area (Å²) < 4.78 is 15.0. The molecule has 0 saturated heterocycles. The summed E-state index contributed by atoms with van der Waals surface area (Å²) in [6, 6.07) is 9.16. The summed E-state index contributed by atoms with van der Waals surface area (Å²) in [4.78, 5) is 1.25. The molecule has 19 heavy (non-hydrogen) atoms. The summed E-state index contributed by atoms with van der Waals surface area (Å²) >= 11 is 5.16. The van der Waals surface area contributed by atoms with Crippen LogP contribution in [0.2, 0.25) is 0 Å². The monoisotopic (exact) mass is 341 g/mol. The van der Waals surface area contributed by atoms with Gasteiger partial charge in [-0.25, -0.2) is 4.39 Å². The predicted octanol–water partition coefficient (Wildman–Crippen LogP) is 4.93. The van der Waals surface area contributed by atoms with Gasteiger partial charge in [-0.2, -0.15) is 0 Å². The van der Waals surface area contributed by atoms with Crippen molar-refractivity contribution in [2.45, 2.75) is 25.8 Å². The van der Waals surface area contributed by atoms with Crippen LogP contribution in [-0.2, 0) is 6.42 Å². The molecule has 0 saturated carbocycles. The maximum absolute atomic E-state index is 13.9. The molecule has 0 bridgehead atoms. The molecule has 1 aromatic heterocycles. The summed E-state index contributed by atoms with van der Waals surface area (Å²) in [6.07, 6.45) is 1.86. The van der Waals surface area contributed by atoms with E-state index < -0.39 is 0 Å². The SMILES string of the molecule is CCCNC(Cc1cc(Br)cs1)c1ccccc1F. The number of thiophene rings is 1. The Morgan fingerprint density at radius 3 is 2.79 bits per heavy atom. The molecule has 1 N–H and O–H groups in total. The van der Waals surface area contributed by atoms with E-state index in [1.807, 2.05) is 12.1 Å². The second kappa shape index (κ2) is 7.17. The third kappa shape index (κ3) is 4.13. The van der Waals surface area contributed by atoms with Gasteiger partial charge in [-0.1, -0.05) is 25.1 Å². The normalized spacial score (nSPS) is 12.6. The lowest BCUT2D eigenvalue weighted by Gasteiger charge is -2.19. The molecule has 4 heteroatoms. The van der Waals surface area contributed by atoms with Gasteiger partial charge in [0.1, 0.15) is 5.82 Å². The molecule has 0 aliphatic carbocycles. The van der Waals surface area contributed by atoms with Gasteiger partial charge >= 0.3 is 0 Å². The van der Waals surface area contributed by atoms with Gasteiger partial charge in [0.2, 0.25) is 0 Å². The van der Waals surface area contributed by atoms with E-state index in [0.29, 0.717) is 0 Å². The van der Waals surface area contributed by atoms with Gasteiger partial charge in [0.25, 0.3) is 0 Å². The van der Waals surface area contributed by atoms with Crippen LogP contribution >= 0.6 is 27.3 Å². The van der Waals surface area contributed by atoms with E-state index in [1.165, 1.54) is 10.9 Å². The molecule has 0 fully saturated rings. The zero-order valence-corrected chi connectivity index (χ0v) is 13.2.